The van der Waals surface area contributed by atoms with Gasteiger partial charge in [-0.2, -0.15) is 13.2 Å². The van der Waals surface area contributed by atoms with E-state index in [9.17, 15) is 28.1 Å². The van der Waals surface area contributed by atoms with Crippen molar-refractivity contribution in [2.45, 2.75) is 19.6 Å². The molecule has 2 aromatic carbocycles. The number of ether oxygens (including phenoxy) is 2. The van der Waals surface area contributed by atoms with E-state index < -0.39 is 34.2 Å². The highest BCUT2D eigenvalue weighted by Crippen LogP contribution is 2.38. The molecule has 0 radical (unpaired) electrons. The average molecular weight is 499 g/mol. The molecule has 0 aliphatic carbocycles. The minimum atomic E-state index is -4.64. The van der Waals surface area contributed by atoms with Crippen LogP contribution in [-0.4, -0.2) is 15.9 Å². The molecular formula is C21H14ClF3N2O7. The number of benzene rings is 2. The van der Waals surface area contributed by atoms with Gasteiger partial charge in [-0.25, -0.2) is 9.78 Å². The highest BCUT2D eigenvalue weighted by Gasteiger charge is 2.32. The van der Waals surface area contributed by atoms with Gasteiger partial charge in [0.25, 0.3) is 0 Å². The summed E-state index contributed by atoms with van der Waals surface area (Å²) in [5.41, 5.74) is -0.911. The maximum atomic E-state index is 12.8. The number of hydrogen-bond donors (Lipinski definition) is 0. The molecule has 9 nitrogen and oxygen atoms in total. The average Bonchev–Trinajstić information content (AvgIpc) is 2.75. The number of rotatable bonds is 8. The number of alkyl halides is 3. The van der Waals surface area contributed by atoms with Crippen LogP contribution in [0.4, 0.5) is 13.2 Å². The Balaban J connectivity index is 1.92. The molecular weight excluding hydrogens is 485 g/mol. The van der Waals surface area contributed by atoms with E-state index in [0.29, 0.717) is 12.3 Å². The minimum absolute atomic E-state index is 0.00326. The molecule has 0 saturated heterocycles. The lowest BCUT2D eigenvalue weighted by atomic mass is 10.2. The number of hydrogen-bond acceptors (Lipinski definition) is 8. The molecule has 1 heterocycles. The molecule has 0 fully saturated rings. The first kappa shape index (κ1) is 24.6. The maximum Gasteiger partial charge on any atom is 0.417 e. The third-order valence-corrected chi connectivity index (χ3v) is 4.28. The second kappa shape index (κ2) is 10.3. The van der Waals surface area contributed by atoms with Gasteiger partial charge < -0.3 is 9.47 Å². The number of nitro groups is 1. The van der Waals surface area contributed by atoms with Gasteiger partial charge in [0.05, 0.1) is 11.1 Å². The standard InChI is InChI=1S/C21H14ClF3N2O7/c1-12(28)33-34-18-5-3-2-4-17(18)32-19-9-15(7-6-13(19)11-27(29)30)31-20-16(22)8-14(10-26-20)21(23,24)25/h2-10H,11H2,1H3. The molecule has 0 N–H and O–H groups in total. The fourth-order valence-corrected chi connectivity index (χ4v) is 2.76. The van der Waals surface area contributed by atoms with Gasteiger partial charge in [-0.1, -0.05) is 23.7 Å². The Bertz CT molecular complexity index is 1220. The normalized spacial score (nSPS) is 11.0. The Kier molecular flexibility index (Phi) is 7.41. The Morgan fingerprint density at radius 2 is 1.79 bits per heavy atom. The second-order valence-corrected chi connectivity index (χ2v) is 6.99. The molecule has 0 atom stereocenters. The van der Waals surface area contributed by atoms with Crippen LogP contribution in [0.25, 0.3) is 0 Å². The third kappa shape index (κ3) is 6.48. The van der Waals surface area contributed by atoms with E-state index in [0.717, 1.165) is 6.92 Å². The first-order chi connectivity index (χ1) is 16.0. The smallest absolute Gasteiger partial charge is 0.417 e. The highest BCUT2D eigenvalue weighted by molar-refractivity contribution is 6.31. The molecule has 0 unspecified atom stereocenters. The first-order valence-electron chi connectivity index (χ1n) is 9.30. The predicted octanol–water partition coefficient (Wildman–Crippen LogP) is 5.97. The van der Waals surface area contributed by atoms with Gasteiger partial charge >= 0.3 is 12.1 Å². The number of nitrogens with zero attached hydrogens (tertiary/aromatic N) is 2. The lowest BCUT2D eigenvalue weighted by Gasteiger charge is -2.14. The van der Waals surface area contributed by atoms with Crippen LogP contribution >= 0.6 is 11.6 Å². The van der Waals surface area contributed by atoms with Gasteiger partial charge in [-0.3, -0.25) is 19.9 Å². The molecule has 0 saturated carbocycles. The van der Waals surface area contributed by atoms with Crippen molar-refractivity contribution in [3.05, 3.63) is 81.0 Å². The topological polar surface area (TPSA) is 110 Å². The van der Waals surface area contributed by atoms with Gasteiger partial charge in [-0.15, -0.1) is 0 Å². The molecule has 3 rings (SSSR count). The Morgan fingerprint density at radius 3 is 2.41 bits per heavy atom. The van der Waals surface area contributed by atoms with E-state index in [1.54, 1.807) is 12.1 Å². The van der Waals surface area contributed by atoms with E-state index in [2.05, 4.69) is 9.87 Å². The summed E-state index contributed by atoms with van der Waals surface area (Å²) in [6.07, 6.45) is -4.08. The Hall–Kier alpha value is -4.06. The fraction of sp³-hybridized carbons (Fsp3) is 0.143. The molecule has 1 aromatic heterocycles. The van der Waals surface area contributed by atoms with Gasteiger partial charge in [0.2, 0.25) is 18.2 Å². The quantitative estimate of drug-likeness (QED) is 0.212. The maximum absolute atomic E-state index is 12.8. The van der Waals surface area contributed by atoms with Crippen LogP contribution in [0.5, 0.6) is 28.9 Å². The zero-order valence-electron chi connectivity index (χ0n) is 17.2. The summed E-state index contributed by atoms with van der Waals surface area (Å²) in [5, 5.41) is 10.7. The van der Waals surface area contributed by atoms with Crippen molar-refractivity contribution in [1.82, 2.24) is 4.98 Å². The van der Waals surface area contributed by atoms with E-state index in [1.165, 1.54) is 30.3 Å². The SMILES string of the molecule is CC(=O)OOc1ccccc1Oc1cc(Oc2ncc(C(F)(F)F)cc2Cl)ccc1C[N+](=O)[O-]. The molecule has 13 heteroatoms. The van der Waals surface area contributed by atoms with Crippen molar-refractivity contribution in [1.29, 1.82) is 0 Å². The van der Waals surface area contributed by atoms with Gasteiger partial charge in [0.15, 0.2) is 5.75 Å². The number of para-hydroxylation sites is 2. The lowest BCUT2D eigenvalue weighted by molar-refractivity contribution is -0.496. The van der Waals surface area contributed by atoms with Crippen molar-refractivity contribution in [3.8, 4) is 28.9 Å². The zero-order valence-corrected chi connectivity index (χ0v) is 17.9. The van der Waals surface area contributed by atoms with Crippen molar-refractivity contribution < 1.29 is 42.1 Å². The van der Waals surface area contributed by atoms with Crippen LogP contribution in [0, 0.1) is 10.1 Å². The Labute approximate surface area is 194 Å². The van der Waals surface area contributed by atoms with Crippen molar-refractivity contribution >= 4 is 17.6 Å². The molecule has 0 aliphatic rings. The van der Waals surface area contributed by atoms with E-state index in [1.807, 2.05) is 0 Å². The molecule has 0 aliphatic heterocycles. The molecule has 178 valence electrons. The van der Waals surface area contributed by atoms with Crippen LogP contribution in [-0.2, 0) is 22.4 Å². The van der Waals surface area contributed by atoms with Crippen LogP contribution in [0.1, 0.15) is 18.1 Å². The van der Waals surface area contributed by atoms with Crippen LogP contribution in [0.15, 0.2) is 54.7 Å². The van der Waals surface area contributed by atoms with Gasteiger partial charge in [0.1, 0.15) is 16.5 Å². The summed E-state index contributed by atoms with van der Waals surface area (Å²) < 4.78 is 49.7. The third-order valence-electron chi connectivity index (χ3n) is 4.01. The minimum Gasteiger partial charge on any atom is -0.453 e. The van der Waals surface area contributed by atoms with E-state index in [4.69, 9.17) is 26.0 Å². The second-order valence-electron chi connectivity index (χ2n) is 6.58. The summed E-state index contributed by atoms with van der Waals surface area (Å²) in [6.45, 7) is 0.516. The van der Waals surface area contributed by atoms with Crippen LogP contribution in [0.2, 0.25) is 5.02 Å². The molecule has 3 aromatic rings. The summed E-state index contributed by atoms with van der Waals surface area (Å²) >= 11 is 5.87. The summed E-state index contributed by atoms with van der Waals surface area (Å²) in [5.74, 6) is -0.994. The highest BCUT2D eigenvalue weighted by atomic mass is 35.5. The van der Waals surface area contributed by atoms with Crippen LogP contribution in [0.3, 0.4) is 0 Å². The van der Waals surface area contributed by atoms with Gasteiger partial charge in [-0.05, 0) is 30.3 Å². The van der Waals surface area contributed by atoms with Crippen molar-refractivity contribution in [2.75, 3.05) is 0 Å². The number of carbonyl (C=O) groups is 1. The predicted molar refractivity (Wildman–Crippen MR) is 110 cm³/mol. The summed E-state index contributed by atoms with van der Waals surface area (Å²) in [6, 6.07) is 10.6. The van der Waals surface area contributed by atoms with E-state index in [-0.39, 0.29) is 34.4 Å². The van der Waals surface area contributed by atoms with E-state index >= 15 is 0 Å². The fourth-order valence-electron chi connectivity index (χ4n) is 2.56. The summed E-state index contributed by atoms with van der Waals surface area (Å²) in [7, 11) is 0. The lowest BCUT2D eigenvalue weighted by Crippen LogP contribution is -2.06. The monoisotopic (exact) mass is 498 g/mol. The zero-order chi connectivity index (χ0) is 24.9. The number of pyridine rings is 1. The molecule has 0 amide bonds. The first-order valence-corrected chi connectivity index (χ1v) is 9.68. The number of aromatic nitrogens is 1. The largest absolute Gasteiger partial charge is 0.453 e. The molecule has 34 heavy (non-hydrogen) atoms. The molecule has 0 spiro atoms. The van der Waals surface area contributed by atoms with Crippen LogP contribution < -0.4 is 14.4 Å². The van der Waals surface area contributed by atoms with Gasteiger partial charge in [0, 0.05) is 24.1 Å². The number of carbonyl (C=O) groups excluding carboxylic acids is 1. The Morgan fingerprint density at radius 1 is 1.09 bits per heavy atom. The number of halogens is 4. The van der Waals surface area contributed by atoms with Crippen molar-refractivity contribution in [3.63, 3.8) is 0 Å². The summed E-state index contributed by atoms with van der Waals surface area (Å²) in [4.78, 5) is 34.5. The molecule has 0 bridgehead atoms. The van der Waals surface area contributed by atoms with Crippen molar-refractivity contribution in [2.24, 2.45) is 0 Å².